The van der Waals surface area contributed by atoms with Gasteiger partial charge in [0.15, 0.2) is 0 Å². The third-order valence-electron chi connectivity index (χ3n) is 3.61. The number of benzene rings is 1. The van der Waals surface area contributed by atoms with Crippen molar-refractivity contribution in [2.75, 3.05) is 5.32 Å². The molecule has 16 heavy (non-hydrogen) atoms. The molecule has 1 aromatic rings. The number of aryl methyl sites for hydroxylation is 1. The average Bonchev–Trinajstić information content (AvgIpc) is 2.75. The van der Waals surface area contributed by atoms with Crippen LogP contribution >= 0.6 is 0 Å². The Morgan fingerprint density at radius 3 is 2.62 bits per heavy atom. The standard InChI is InChI=1S/C14H20FN/c1-10-7-8-14(13(15)9-10)16-11(2)12-5-3-4-6-12/h7-9,11-12,16H,3-6H2,1-2H3. The van der Waals surface area contributed by atoms with Crippen molar-refractivity contribution >= 4 is 5.69 Å². The van der Waals surface area contributed by atoms with Crippen LogP contribution in [0.2, 0.25) is 0 Å². The minimum absolute atomic E-state index is 0.134. The van der Waals surface area contributed by atoms with Crippen molar-refractivity contribution in [1.82, 2.24) is 0 Å². The van der Waals surface area contributed by atoms with Crippen LogP contribution in [0.4, 0.5) is 10.1 Å². The first-order valence-corrected chi connectivity index (χ1v) is 6.19. The molecule has 0 heterocycles. The Hall–Kier alpha value is -1.05. The van der Waals surface area contributed by atoms with Crippen molar-refractivity contribution in [2.45, 2.75) is 45.6 Å². The summed E-state index contributed by atoms with van der Waals surface area (Å²) in [5.41, 5.74) is 1.61. The molecule has 1 N–H and O–H groups in total. The minimum Gasteiger partial charge on any atom is -0.380 e. The van der Waals surface area contributed by atoms with E-state index in [-0.39, 0.29) is 5.82 Å². The van der Waals surface area contributed by atoms with E-state index in [0.717, 1.165) is 5.56 Å². The highest BCUT2D eigenvalue weighted by Crippen LogP contribution is 2.29. The first-order chi connectivity index (χ1) is 7.66. The molecule has 2 heteroatoms. The van der Waals surface area contributed by atoms with Gasteiger partial charge >= 0.3 is 0 Å². The summed E-state index contributed by atoms with van der Waals surface area (Å²) in [5.74, 6) is 0.575. The van der Waals surface area contributed by atoms with E-state index < -0.39 is 0 Å². The summed E-state index contributed by atoms with van der Waals surface area (Å²) in [7, 11) is 0. The summed E-state index contributed by atoms with van der Waals surface area (Å²) in [5, 5.41) is 3.30. The van der Waals surface area contributed by atoms with Gasteiger partial charge in [-0.25, -0.2) is 4.39 Å². The van der Waals surface area contributed by atoms with Crippen LogP contribution in [0.1, 0.15) is 38.2 Å². The zero-order valence-electron chi connectivity index (χ0n) is 10.1. The van der Waals surface area contributed by atoms with E-state index in [1.54, 1.807) is 6.07 Å². The summed E-state index contributed by atoms with van der Waals surface area (Å²) in [4.78, 5) is 0. The minimum atomic E-state index is -0.134. The number of anilines is 1. The maximum atomic E-state index is 13.6. The van der Waals surface area contributed by atoms with E-state index in [0.29, 0.717) is 17.6 Å². The Morgan fingerprint density at radius 2 is 2.00 bits per heavy atom. The highest BCUT2D eigenvalue weighted by Gasteiger charge is 2.21. The van der Waals surface area contributed by atoms with Gasteiger partial charge in [0.1, 0.15) is 5.82 Å². The lowest BCUT2D eigenvalue weighted by atomic mass is 9.99. The third kappa shape index (κ3) is 2.55. The number of halogens is 1. The predicted molar refractivity (Wildman–Crippen MR) is 66.2 cm³/mol. The van der Waals surface area contributed by atoms with Gasteiger partial charge in [0.25, 0.3) is 0 Å². The van der Waals surface area contributed by atoms with Crippen molar-refractivity contribution in [3.8, 4) is 0 Å². The Bertz CT molecular complexity index is 356. The maximum absolute atomic E-state index is 13.6. The Morgan fingerprint density at radius 1 is 1.31 bits per heavy atom. The summed E-state index contributed by atoms with van der Waals surface area (Å²) in [6, 6.07) is 5.76. The quantitative estimate of drug-likeness (QED) is 0.809. The normalized spacial score (nSPS) is 18.7. The fraction of sp³-hybridized carbons (Fsp3) is 0.571. The number of nitrogens with one attached hydrogen (secondary N) is 1. The molecule has 1 fully saturated rings. The van der Waals surface area contributed by atoms with Crippen LogP contribution in [0.3, 0.4) is 0 Å². The molecular formula is C14H20FN. The van der Waals surface area contributed by atoms with E-state index in [4.69, 9.17) is 0 Å². The van der Waals surface area contributed by atoms with Crippen molar-refractivity contribution in [2.24, 2.45) is 5.92 Å². The van der Waals surface area contributed by atoms with Crippen LogP contribution in [0.5, 0.6) is 0 Å². The maximum Gasteiger partial charge on any atom is 0.146 e. The van der Waals surface area contributed by atoms with Crippen molar-refractivity contribution in [3.05, 3.63) is 29.6 Å². The Labute approximate surface area is 97.1 Å². The highest BCUT2D eigenvalue weighted by atomic mass is 19.1. The smallest absolute Gasteiger partial charge is 0.146 e. The second-order valence-electron chi connectivity index (χ2n) is 4.96. The number of hydrogen-bond donors (Lipinski definition) is 1. The largest absolute Gasteiger partial charge is 0.380 e. The Kier molecular flexibility index (Phi) is 3.47. The molecule has 1 aliphatic carbocycles. The topological polar surface area (TPSA) is 12.0 Å². The van der Waals surface area contributed by atoms with E-state index in [9.17, 15) is 4.39 Å². The molecule has 2 rings (SSSR count). The fourth-order valence-electron chi connectivity index (χ4n) is 2.56. The number of rotatable bonds is 3. The first kappa shape index (κ1) is 11.4. The molecular weight excluding hydrogens is 201 g/mol. The van der Waals surface area contributed by atoms with Crippen LogP contribution in [0.15, 0.2) is 18.2 Å². The summed E-state index contributed by atoms with van der Waals surface area (Å²) < 4.78 is 13.6. The second-order valence-corrected chi connectivity index (χ2v) is 4.96. The van der Waals surface area contributed by atoms with Gasteiger partial charge in [-0.2, -0.15) is 0 Å². The molecule has 0 saturated heterocycles. The molecule has 0 aliphatic heterocycles. The zero-order chi connectivity index (χ0) is 11.5. The molecule has 0 bridgehead atoms. The van der Waals surface area contributed by atoms with Crippen LogP contribution in [0.25, 0.3) is 0 Å². The van der Waals surface area contributed by atoms with Crippen LogP contribution in [-0.4, -0.2) is 6.04 Å². The lowest BCUT2D eigenvalue weighted by molar-refractivity contribution is 0.479. The third-order valence-corrected chi connectivity index (χ3v) is 3.61. The van der Waals surface area contributed by atoms with Crippen molar-refractivity contribution in [1.29, 1.82) is 0 Å². The van der Waals surface area contributed by atoms with Crippen LogP contribution in [-0.2, 0) is 0 Å². The van der Waals surface area contributed by atoms with E-state index in [2.05, 4.69) is 12.2 Å². The molecule has 1 unspecified atom stereocenters. The molecule has 1 saturated carbocycles. The van der Waals surface area contributed by atoms with E-state index in [1.807, 2.05) is 19.1 Å². The van der Waals surface area contributed by atoms with E-state index in [1.165, 1.54) is 25.7 Å². The summed E-state index contributed by atoms with van der Waals surface area (Å²) in [6.07, 6.45) is 5.21. The van der Waals surface area contributed by atoms with Gasteiger partial charge in [0.05, 0.1) is 5.69 Å². The molecule has 0 radical (unpaired) electrons. The lowest BCUT2D eigenvalue weighted by Crippen LogP contribution is -2.24. The van der Waals surface area contributed by atoms with Gasteiger partial charge in [-0.1, -0.05) is 18.9 Å². The molecule has 88 valence electrons. The second kappa shape index (κ2) is 4.86. The molecule has 1 atom stereocenters. The van der Waals surface area contributed by atoms with E-state index >= 15 is 0 Å². The monoisotopic (exact) mass is 221 g/mol. The zero-order valence-corrected chi connectivity index (χ0v) is 10.1. The predicted octanol–water partition coefficient (Wildman–Crippen LogP) is 4.12. The highest BCUT2D eigenvalue weighted by molar-refractivity contribution is 5.46. The summed E-state index contributed by atoms with van der Waals surface area (Å²) in [6.45, 7) is 4.07. The van der Waals surface area contributed by atoms with Gasteiger partial charge in [-0.05, 0) is 50.3 Å². The van der Waals surface area contributed by atoms with Crippen molar-refractivity contribution in [3.63, 3.8) is 0 Å². The van der Waals surface area contributed by atoms with Crippen LogP contribution in [0, 0.1) is 18.7 Å². The fourth-order valence-corrected chi connectivity index (χ4v) is 2.56. The van der Waals surface area contributed by atoms with Crippen molar-refractivity contribution < 1.29 is 4.39 Å². The SMILES string of the molecule is Cc1ccc(NC(C)C2CCCC2)c(F)c1. The van der Waals surface area contributed by atoms with Gasteiger partial charge in [0, 0.05) is 6.04 Å². The molecule has 1 aromatic carbocycles. The van der Waals surface area contributed by atoms with Gasteiger partial charge < -0.3 is 5.32 Å². The molecule has 0 aromatic heterocycles. The molecule has 1 aliphatic rings. The molecule has 0 amide bonds. The first-order valence-electron chi connectivity index (χ1n) is 6.19. The van der Waals surface area contributed by atoms with Crippen LogP contribution < -0.4 is 5.32 Å². The van der Waals surface area contributed by atoms with Gasteiger partial charge in [-0.3, -0.25) is 0 Å². The average molecular weight is 221 g/mol. The molecule has 1 nitrogen and oxygen atoms in total. The Balaban J connectivity index is 2.02. The van der Waals surface area contributed by atoms with Gasteiger partial charge in [0.2, 0.25) is 0 Å². The molecule has 0 spiro atoms. The lowest BCUT2D eigenvalue weighted by Gasteiger charge is -2.22. The number of hydrogen-bond acceptors (Lipinski definition) is 1. The van der Waals surface area contributed by atoms with Gasteiger partial charge in [-0.15, -0.1) is 0 Å². The summed E-state index contributed by atoms with van der Waals surface area (Å²) >= 11 is 0.